The van der Waals surface area contributed by atoms with Crippen LogP contribution in [0.5, 0.6) is 0 Å². The normalized spacial score (nSPS) is 19.4. The third kappa shape index (κ3) is 2.70. The summed E-state index contributed by atoms with van der Waals surface area (Å²) in [6, 6.07) is -0.138. The number of aromatic amines is 1. The van der Waals surface area contributed by atoms with Crippen LogP contribution in [0, 0.1) is 0 Å². The molecule has 0 aliphatic carbocycles. The largest absolute Gasteiger partial charge is 0.324 e. The molecule has 1 atom stereocenters. The fourth-order valence-electron chi connectivity index (χ4n) is 2.19. The molecule has 0 aromatic carbocycles. The van der Waals surface area contributed by atoms with Gasteiger partial charge in [0.2, 0.25) is 5.13 Å². The van der Waals surface area contributed by atoms with E-state index in [0.717, 1.165) is 25.2 Å². The third-order valence-electron chi connectivity index (χ3n) is 3.10. The number of nitrogens with zero attached hydrogens (tertiary/aromatic N) is 5. The minimum Gasteiger partial charge on any atom is -0.324 e. The molecule has 1 aliphatic heterocycles. The van der Waals surface area contributed by atoms with E-state index >= 15 is 0 Å². The predicted molar refractivity (Wildman–Crippen MR) is 68.9 cm³/mol. The highest BCUT2D eigenvalue weighted by Gasteiger charge is 2.26. The number of aromatic nitrogens is 5. The SMILES string of the molecule is O=C(Nc1nncs1)N1CCCC(c2ncn[nH]2)C1. The summed E-state index contributed by atoms with van der Waals surface area (Å²) >= 11 is 1.30. The van der Waals surface area contributed by atoms with Gasteiger partial charge in [0.1, 0.15) is 17.7 Å². The van der Waals surface area contributed by atoms with Crippen molar-refractivity contribution in [2.45, 2.75) is 18.8 Å². The Morgan fingerprint density at radius 1 is 1.58 bits per heavy atom. The number of rotatable bonds is 2. The van der Waals surface area contributed by atoms with E-state index in [-0.39, 0.29) is 11.9 Å². The smallest absolute Gasteiger partial charge is 0.323 e. The highest BCUT2D eigenvalue weighted by Crippen LogP contribution is 2.24. The molecule has 1 saturated heterocycles. The van der Waals surface area contributed by atoms with Gasteiger partial charge in [-0.15, -0.1) is 10.2 Å². The molecule has 8 nitrogen and oxygen atoms in total. The van der Waals surface area contributed by atoms with Crippen LogP contribution in [0.3, 0.4) is 0 Å². The number of H-pyrrole nitrogens is 1. The Morgan fingerprint density at radius 2 is 2.53 bits per heavy atom. The van der Waals surface area contributed by atoms with Gasteiger partial charge in [-0.1, -0.05) is 11.3 Å². The Balaban J connectivity index is 1.63. The van der Waals surface area contributed by atoms with Gasteiger partial charge in [0.25, 0.3) is 0 Å². The molecule has 9 heteroatoms. The summed E-state index contributed by atoms with van der Waals surface area (Å²) < 4.78 is 0. The van der Waals surface area contributed by atoms with Crippen molar-refractivity contribution >= 4 is 22.5 Å². The molecule has 0 bridgehead atoms. The Morgan fingerprint density at radius 3 is 3.26 bits per heavy atom. The number of hydrogen-bond acceptors (Lipinski definition) is 6. The second-order valence-corrected chi connectivity index (χ2v) is 5.16. The lowest BCUT2D eigenvalue weighted by Gasteiger charge is -2.31. The van der Waals surface area contributed by atoms with Crippen LogP contribution >= 0.6 is 11.3 Å². The van der Waals surface area contributed by atoms with Gasteiger partial charge in [-0.3, -0.25) is 10.4 Å². The van der Waals surface area contributed by atoms with E-state index in [0.29, 0.717) is 11.7 Å². The number of urea groups is 1. The van der Waals surface area contributed by atoms with Crippen LogP contribution < -0.4 is 5.32 Å². The lowest BCUT2D eigenvalue weighted by molar-refractivity contribution is 0.191. The molecule has 0 radical (unpaired) electrons. The molecule has 0 saturated carbocycles. The highest BCUT2D eigenvalue weighted by molar-refractivity contribution is 7.13. The first-order valence-corrected chi connectivity index (χ1v) is 6.88. The first-order valence-electron chi connectivity index (χ1n) is 6.00. The number of nitrogens with one attached hydrogen (secondary N) is 2. The van der Waals surface area contributed by atoms with Gasteiger partial charge in [0.15, 0.2) is 0 Å². The molecule has 0 spiro atoms. The van der Waals surface area contributed by atoms with E-state index in [4.69, 9.17) is 0 Å². The molecule has 100 valence electrons. The van der Waals surface area contributed by atoms with Gasteiger partial charge < -0.3 is 4.90 Å². The van der Waals surface area contributed by atoms with Crippen LogP contribution in [0.25, 0.3) is 0 Å². The number of anilines is 1. The van der Waals surface area contributed by atoms with Crippen molar-refractivity contribution in [1.29, 1.82) is 0 Å². The minimum absolute atomic E-state index is 0.138. The highest BCUT2D eigenvalue weighted by atomic mass is 32.1. The summed E-state index contributed by atoms with van der Waals surface area (Å²) in [6.45, 7) is 1.38. The summed E-state index contributed by atoms with van der Waals surface area (Å²) in [5.41, 5.74) is 1.59. The van der Waals surface area contributed by atoms with Crippen molar-refractivity contribution in [2.75, 3.05) is 18.4 Å². The Kier molecular flexibility index (Phi) is 3.36. The molecule has 3 heterocycles. The summed E-state index contributed by atoms with van der Waals surface area (Å²) in [4.78, 5) is 18.0. The van der Waals surface area contributed by atoms with E-state index in [1.165, 1.54) is 17.7 Å². The molecule has 2 aromatic heterocycles. The molecular formula is C10H13N7OS. The van der Waals surface area contributed by atoms with Crippen LogP contribution in [-0.2, 0) is 0 Å². The number of likely N-dealkylation sites (tertiary alicyclic amines) is 1. The van der Waals surface area contributed by atoms with Gasteiger partial charge in [-0.2, -0.15) is 5.10 Å². The molecule has 19 heavy (non-hydrogen) atoms. The molecule has 2 N–H and O–H groups in total. The molecule has 1 aliphatic rings. The number of piperidine rings is 1. The standard InChI is InChI=1S/C10H13N7OS/c18-10(14-9-16-13-6-19-9)17-3-1-2-7(4-17)8-11-5-12-15-8/h5-7H,1-4H2,(H,11,12,15)(H,14,16,18). The number of carbonyl (C=O) groups is 1. The number of hydrogen-bond donors (Lipinski definition) is 2. The van der Waals surface area contributed by atoms with Crippen LogP contribution in [-0.4, -0.2) is 49.4 Å². The molecule has 1 fully saturated rings. The van der Waals surface area contributed by atoms with Gasteiger partial charge in [0, 0.05) is 19.0 Å². The second kappa shape index (κ2) is 5.31. The average Bonchev–Trinajstić information content (AvgIpc) is 3.12. The van der Waals surface area contributed by atoms with Crippen molar-refractivity contribution in [2.24, 2.45) is 0 Å². The van der Waals surface area contributed by atoms with Crippen LogP contribution in [0.4, 0.5) is 9.93 Å². The van der Waals surface area contributed by atoms with Crippen molar-refractivity contribution in [3.8, 4) is 0 Å². The summed E-state index contributed by atoms with van der Waals surface area (Å²) in [7, 11) is 0. The topological polar surface area (TPSA) is 99.7 Å². The zero-order valence-electron chi connectivity index (χ0n) is 10.1. The van der Waals surface area contributed by atoms with Crippen LogP contribution in [0.1, 0.15) is 24.6 Å². The molecular weight excluding hydrogens is 266 g/mol. The van der Waals surface area contributed by atoms with Gasteiger partial charge in [-0.05, 0) is 12.8 Å². The van der Waals surface area contributed by atoms with E-state index in [1.54, 1.807) is 10.4 Å². The summed E-state index contributed by atoms with van der Waals surface area (Å²) in [6.07, 6.45) is 3.46. The van der Waals surface area contributed by atoms with Crippen molar-refractivity contribution in [1.82, 2.24) is 30.3 Å². The van der Waals surface area contributed by atoms with Gasteiger partial charge in [0.05, 0.1) is 0 Å². The van der Waals surface area contributed by atoms with Gasteiger partial charge >= 0.3 is 6.03 Å². The van der Waals surface area contributed by atoms with Crippen molar-refractivity contribution in [3.63, 3.8) is 0 Å². The predicted octanol–water partition coefficient (Wildman–Crippen LogP) is 1.07. The van der Waals surface area contributed by atoms with E-state index in [2.05, 4.69) is 30.7 Å². The Bertz CT molecular complexity index is 526. The third-order valence-corrected chi connectivity index (χ3v) is 3.71. The van der Waals surface area contributed by atoms with Crippen molar-refractivity contribution in [3.05, 3.63) is 17.7 Å². The molecule has 3 rings (SSSR count). The zero-order chi connectivity index (χ0) is 13.1. The summed E-state index contributed by atoms with van der Waals surface area (Å²) in [5, 5.41) is 17.5. The Labute approximate surface area is 113 Å². The van der Waals surface area contributed by atoms with E-state index in [9.17, 15) is 4.79 Å². The molecule has 1 unspecified atom stereocenters. The van der Waals surface area contributed by atoms with E-state index in [1.807, 2.05) is 0 Å². The second-order valence-electron chi connectivity index (χ2n) is 4.33. The monoisotopic (exact) mass is 279 g/mol. The molecule has 2 aromatic rings. The number of amides is 2. The average molecular weight is 279 g/mol. The lowest BCUT2D eigenvalue weighted by Crippen LogP contribution is -2.41. The van der Waals surface area contributed by atoms with Crippen LogP contribution in [0.15, 0.2) is 11.8 Å². The quantitative estimate of drug-likeness (QED) is 0.856. The zero-order valence-corrected chi connectivity index (χ0v) is 10.9. The summed E-state index contributed by atoms with van der Waals surface area (Å²) in [5.74, 6) is 1.06. The van der Waals surface area contributed by atoms with E-state index < -0.39 is 0 Å². The maximum Gasteiger partial charge on any atom is 0.323 e. The van der Waals surface area contributed by atoms with Crippen LogP contribution in [0.2, 0.25) is 0 Å². The van der Waals surface area contributed by atoms with Crippen molar-refractivity contribution < 1.29 is 4.79 Å². The lowest BCUT2D eigenvalue weighted by atomic mass is 9.98. The number of carbonyl (C=O) groups excluding carboxylic acids is 1. The fraction of sp³-hybridized carbons (Fsp3) is 0.500. The molecule has 2 amide bonds. The fourth-order valence-corrected chi connectivity index (χ4v) is 2.63. The minimum atomic E-state index is -0.138. The van der Waals surface area contributed by atoms with Gasteiger partial charge in [-0.25, -0.2) is 9.78 Å². The maximum absolute atomic E-state index is 12.1. The first kappa shape index (κ1) is 12.0. The Hall–Kier alpha value is -2.03. The maximum atomic E-state index is 12.1. The first-order chi connectivity index (χ1) is 9.33.